The molecule has 4 heteroatoms. The van der Waals surface area contributed by atoms with Gasteiger partial charge in [-0.05, 0) is 43.5 Å². The van der Waals surface area contributed by atoms with Gasteiger partial charge in [0.05, 0.1) is 12.1 Å². The Hall–Kier alpha value is -1.32. The van der Waals surface area contributed by atoms with Crippen LogP contribution in [-0.4, -0.2) is 29.3 Å². The SMILES string of the molecule is OCCN(c1ccnc2cc(Cl)ccc12)C1CCC1. The lowest BCUT2D eigenvalue weighted by Crippen LogP contribution is -2.42. The Kier molecular flexibility index (Phi) is 3.58. The number of aliphatic hydroxyl groups is 1. The molecule has 0 amide bonds. The maximum absolute atomic E-state index is 9.30. The van der Waals surface area contributed by atoms with Gasteiger partial charge in [0.25, 0.3) is 0 Å². The van der Waals surface area contributed by atoms with Crippen LogP contribution in [0, 0.1) is 0 Å². The quantitative estimate of drug-likeness (QED) is 0.931. The summed E-state index contributed by atoms with van der Waals surface area (Å²) < 4.78 is 0. The van der Waals surface area contributed by atoms with E-state index in [0.717, 1.165) is 16.6 Å². The second kappa shape index (κ2) is 5.35. The van der Waals surface area contributed by atoms with Crippen molar-refractivity contribution in [3.05, 3.63) is 35.5 Å². The largest absolute Gasteiger partial charge is 0.395 e. The molecule has 1 N–H and O–H groups in total. The maximum atomic E-state index is 9.30. The minimum Gasteiger partial charge on any atom is -0.395 e. The summed E-state index contributed by atoms with van der Waals surface area (Å²) in [7, 11) is 0. The van der Waals surface area contributed by atoms with Crippen molar-refractivity contribution in [2.45, 2.75) is 25.3 Å². The predicted molar refractivity (Wildman–Crippen MR) is 78.8 cm³/mol. The molecule has 0 atom stereocenters. The Morgan fingerprint density at radius 1 is 1.32 bits per heavy atom. The summed E-state index contributed by atoms with van der Waals surface area (Å²) in [5.74, 6) is 0. The van der Waals surface area contributed by atoms with Gasteiger partial charge in [-0.1, -0.05) is 11.6 Å². The predicted octanol–water partition coefficient (Wildman–Crippen LogP) is 3.24. The van der Waals surface area contributed by atoms with E-state index in [1.165, 1.54) is 19.3 Å². The van der Waals surface area contributed by atoms with Crippen LogP contribution >= 0.6 is 11.6 Å². The van der Waals surface area contributed by atoms with Crippen LogP contribution < -0.4 is 4.90 Å². The number of pyridine rings is 1. The molecule has 3 nitrogen and oxygen atoms in total. The smallest absolute Gasteiger partial charge is 0.0737 e. The van der Waals surface area contributed by atoms with Gasteiger partial charge in [-0.2, -0.15) is 0 Å². The normalized spacial score (nSPS) is 15.5. The third-order valence-corrected chi connectivity index (χ3v) is 4.08. The number of aliphatic hydroxyl groups excluding tert-OH is 1. The molecule has 1 aliphatic rings. The zero-order chi connectivity index (χ0) is 13.2. The molecule has 1 aromatic heterocycles. The van der Waals surface area contributed by atoms with Gasteiger partial charge in [-0.15, -0.1) is 0 Å². The lowest BCUT2D eigenvalue weighted by molar-refractivity contribution is 0.284. The molecule has 1 heterocycles. The van der Waals surface area contributed by atoms with Crippen LogP contribution in [0.4, 0.5) is 5.69 Å². The molecule has 2 aromatic rings. The highest BCUT2D eigenvalue weighted by atomic mass is 35.5. The first kappa shape index (κ1) is 12.7. The summed E-state index contributed by atoms with van der Waals surface area (Å²) in [5, 5.41) is 11.1. The van der Waals surface area contributed by atoms with Gasteiger partial charge in [0, 0.05) is 34.9 Å². The number of anilines is 1. The first-order valence-corrected chi connectivity index (χ1v) is 7.09. The second-order valence-corrected chi connectivity index (χ2v) is 5.43. The van der Waals surface area contributed by atoms with Crippen molar-refractivity contribution in [2.24, 2.45) is 0 Å². The van der Waals surface area contributed by atoms with Gasteiger partial charge in [0.15, 0.2) is 0 Å². The molecule has 0 spiro atoms. The molecule has 19 heavy (non-hydrogen) atoms. The number of fused-ring (bicyclic) bond motifs is 1. The van der Waals surface area contributed by atoms with Crippen LogP contribution in [0.25, 0.3) is 10.9 Å². The average molecular weight is 277 g/mol. The van der Waals surface area contributed by atoms with Crippen molar-refractivity contribution in [2.75, 3.05) is 18.1 Å². The molecule has 0 aliphatic heterocycles. The highest BCUT2D eigenvalue weighted by Crippen LogP contribution is 2.33. The Balaban J connectivity index is 2.06. The van der Waals surface area contributed by atoms with E-state index in [9.17, 15) is 5.11 Å². The van der Waals surface area contributed by atoms with Crippen molar-refractivity contribution in [3.8, 4) is 0 Å². The van der Waals surface area contributed by atoms with Crippen LogP contribution in [0.1, 0.15) is 19.3 Å². The minimum atomic E-state index is 0.175. The van der Waals surface area contributed by atoms with Gasteiger partial charge in [0.1, 0.15) is 0 Å². The van der Waals surface area contributed by atoms with Crippen LogP contribution in [0.15, 0.2) is 30.5 Å². The maximum Gasteiger partial charge on any atom is 0.0737 e. The average Bonchev–Trinajstić information content (AvgIpc) is 2.35. The Morgan fingerprint density at radius 3 is 2.84 bits per heavy atom. The molecular formula is C15H17ClN2O. The van der Waals surface area contributed by atoms with Crippen molar-refractivity contribution in [3.63, 3.8) is 0 Å². The molecule has 1 fully saturated rings. The molecule has 0 radical (unpaired) electrons. The number of nitrogens with zero attached hydrogens (tertiary/aromatic N) is 2. The number of hydrogen-bond donors (Lipinski definition) is 1. The Morgan fingerprint density at radius 2 is 2.16 bits per heavy atom. The van der Waals surface area contributed by atoms with E-state index in [0.29, 0.717) is 17.6 Å². The summed E-state index contributed by atoms with van der Waals surface area (Å²) >= 11 is 6.02. The lowest BCUT2D eigenvalue weighted by atomic mass is 9.90. The number of halogens is 1. The fraction of sp³-hybridized carbons (Fsp3) is 0.400. The van der Waals surface area contributed by atoms with Crippen LogP contribution in [-0.2, 0) is 0 Å². The molecule has 100 valence electrons. The second-order valence-electron chi connectivity index (χ2n) is 4.99. The zero-order valence-corrected chi connectivity index (χ0v) is 11.5. The van der Waals surface area contributed by atoms with Crippen molar-refractivity contribution >= 4 is 28.2 Å². The van der Waals surface area contributed by atoms with Gasteiger partial charge in [-0.25, -0.2) is 0 Å². The van der Waals surface area contributed by atoms with E-state index in [2.05, 4.69) is 9.88 Å². The van der Waals surface area contributed by atoms with Gasteiger partial charge < -0.3 is 10.0 Å². The van der Waals surface area contributed by atoms with Gasteiger partial charge in [0.2, 0.25) is 0 Å². The molecule has 1 aliphatic carbocycles. The van der Waals surface area contributed by atoms with Crippen LogP contribution in [0.5, 0.6) is 0 Å². The summed E-state index contributed by atoms with van der Waals surface area (Å²) in [5.41, 5.74) is 2.06. The van der Waals surface area contributed by atoms with E-state index in [-0.39, 0.29) is 6.61 Å². The molecule has 0 saturated heterocycles. The summed E-state index contributed by atoms with van der Waals surface area (Å²) in [6, 6.07) is 8.38. The molecule has 1 saturated carbocycles. The number of benzene rings is 1. The molecular weight excluding hydrogens is 260 g/mol. The minimum absolute atomic E-state index is 0.175. The molecule has 3 rings (SSSR count). The lowest BCUT2D eigenvalue weighted by Gasteiger charge is -2.39. The topological polar surface area (TPSA) is 36.4 Å². The third-order valence-electron chi connectivity index (χ3n) is 3.85. The van der Waals surface area contributed by atoms with Crippen molar-refractivity contribution in [1.82, 2.24) is 4.98 Å². The van der Waals surface area contributed by atoms with Crippen molar-refractivity contribution in [1.29, 1.82) is 0 Å². The van der Waals surface area contributed by atoms with E-state index < -0.39 is 0 Å². The fourth-order valence-electron chi connectivity index (χ4n) is 2.66. The summed E-state index contributed by atoms with van der Waals surface area (Å²) in [6.07, 6.45) is 5.51. The van der Waals surface area contributed by atoms with E-state index in [1.807, 2.05) is 30.5 Å². The highest BCUT2D eigenvalue weighted by Gasteiger charge is 2.25. The Labute approximate surface area is 117 Å². The van der Waals surface area contributed by atoms with Crippen molar-refractivity contribution < 1.29 is 5.11 Å². The fourth-order valence-corrected chi connectivity index (χ4v) is 2.83. The van der Waals surface area contributed by atoms with Gasteiger partial charge in [-0.3, -0.25) is 4.98 Å². The third kappa shape index (κ3) is 2.40. The first-order valence-electron chi connectivity index (χ1n) is 6.71. The molecule has 0 unspecified atom stereocenters. The zero-order valence-electron chi connectivity index (χ0n) is 10.7. The van der Waals surface area contributed by atoms with Crippen LogP contribution in [0.2, 0.25) is 5.02 Å². The molecule has 1 aromatic carbocycles. The van der Waals surface area contributed by atoms with Crippen LogP contribution in [0.3, 0.4) is 0 Å². The first-order chi connectivity index (χ1) is 9.29. The Bertz CT molecular complexity index is 583. The van der Waals surface area contributed by atoms with Gasteiger partial charge >= 0.3 is 0 Å². The number of rotatable bonds is 4. The van der Waals surface area contributed by atoms with E-state index in [4.69, 9.17) is 11.6 Å². The summed E-state index contributed by atoms with van der Waals surface area (Å²) in [4.78, 5) is 6.68. The molecule has 0 bridgehead atoms. The van der Waals surface area contributed by atoms with E-state index in [1.54, 1.807) is 0 Å². The number of aromatic nitrogens is 1. The summed E-state index contributed by atoms with van der Waals surface area (Å²) in [6.45, 7) is 0.848. The highest BCUT2D eigenvalue weighted by molar-refractivity contribution is 6.31. The standard InChI is InChI=1S/C15H17ClN2O/c16-11-4-5-13-14(10-11)17-7-6-15(13)18(8-9-19)12-2-1-3-12/h4-7,10,12,19H,1-3,8-9H2. The monoisotopic (exact) mass is 276 g/mol. The van der Waals surface area contributed by atoms with E-state index >= 15 is 0 Å². The number of hydrogen-bond acceptors (Lipinski definition) is 3.